The molecule has 2 amide bonds. The normalized spacial score (nSPS) is 20.3. The maximum absolute atomic E-state index is 12.2. The van der Waals surface area contributed by atoms with E-state index in [9.17, 15) is 9.59 Å². The molecule has 1 aromatic carbocycles. The molecule has 1 fully saturated rings. The number of nitrogens with zero attached hydrogens (tertiary/aromatic N) is 1. The third-order valence-electron chi connectivity index (χ3n) is 4.76. The van der Waals surface area contributed by atoms with Gasteiger partial charge in [0.2, 0.25) is 11.8 Å². The molecule has 1 saturated carbocycles. The van der Waals surface area contributed by atoms with Gasteiger partial charge in [0.25, 0.3) is 0 Å². The van der Waals surface area contributed by atoms with E-state index in [4.69, 9.17) is 0 Å². The molecular weight excluding hydrogens is 302 g/mol. The van der Waals surface area contributed by atoms with E-state index in [2.05, 4.69) is 17.6 Å². The number of rotatable bonds is 6. The lowest BCUT2D eigenvalue weighted by Crippen LogP contribution is -2.43. The molecule has 5 heteroatoms. The molecule has 0 saturated heterocycles. The van der Waals surface area contributed by atoms with Gasteiger partial charge >= 0.3 is 0 Å². The lowest BCUT2D eigenvalue weighted by atomic mass is 9.86. The van der Waals surface area contributed by atoms with Crippen LogP contribution in [0.2, 0.25) is 0 Å². The Morgan fingerprint density at radius 3 is 2.58 bits per heavy atom. The average Bonchev–Trinajstić information content (AvgIpc) is 2.56. The summed E-state index contributed by atoms with van der Waals surface area (Å²) >= 11 is 0. The van der Waals surface area contributed by atoms with Crippen LogP contribution >= 0.6 is 0 Å². The van der Waals surface area contributed by atoms with Crippen molar-refractivity contribution >= 4 is 17.5 Å². The summed E-state index contributed by atoms with van der Waals surface area (Å²) < 4.78 is 0. The van der Waals surface area contributed by atoms with E-state index in [0.717, 1.165) is 17.7 Å². The fourth-order valence-corrected chi connectivity index (χ4v) is 3.13. The molecule has 2 N–H and O–H groups in total. The largest absolute Gasteiger partial charge is 0.376 e. The first-order chi connectivity index (χ1) is 11.5. The summed E-state index contributed by atoms with van der Waals surface area (Å²) in [7, 11) is 3.49. The number of likely N-dealkylation sites (N-methyl/N-ethyl adjacent to an activating group) is 1. The maximum Gasteiger partial charge on any atom is 0.239 e. The Labute approximate surface area is 144 Å². The van der Waals surface area contributed by atoms with Crippen LogP contribution in [0.15, 0.2) is 24.3 Å². The van der Waals surface area contributed by atoms with Crippen LogP contribution < -0.4 is 10.6 Å². The van der Waals surface area contributed by atoms with E-state index in [-0.39, 0.29) is 18.4 Å². The molecule has 0 aliphatic heterocycles. The number of nitrogens with one attached hydrogen (secondary N) is 2. The fourth-order valence-electron chi connectivity index (χ4n) is 3.13. The highest BCUT2D eigenvalue weighted by atomic mass is 16.2. The summed E-state index contributed by atoms with van der Waals surface area (Å²) in [4.78, 5) is 25.7. The average molecular weight is 331 g/mol. The van der Waals surface area contributed by atoms with E-state index in [0.29, 0.717) is 18.4 Å². The number of hydrogen-bond donors (Lipinski definition) is 2. The van der Waals surface area contributed by atoms with Crippen molar-refractivity contribution in [2.24, 2.45) is 5.92 Å². The van der Waals surface area contributed by atoms with Crippen molar-refractivity contribution in [2.45, 2.75) is 45.1 Å². The number of anilines is 1. The van der Waals surface area contributed by atoms with E-state index in [1.54, 1.807) is 19.0 Å². The van der Waals surface area contributed by atoms with Crippen LogP contribution in [0.1, 0.15) is 38.2 Å². The minimum Gasteiger partial charge on any atom is -0.376 e. The van der Waals surface area contributed by atoms with E-state index < -0.39 is 0 Å². The van der Waals surface area contributed by atoms with Gasteiger partial charge in [-0.1, -0.05) is 38.0 Å². The molecule has 1 aliphatic carbocycles. The van der Waals surface area contributed by atoms with Crippen molar-refractivity contribution in [1.82, 2.24) is 10.2 Å². The van der Waals surface area contributed by atoms with Gasteiger partial charge in [-0.3, -0.25) is 9.59 Å². The van der Waals surface area contributed by atoms with Gasteiger partial charge < -0.3 is 15.5 Å². The number of amides is 2. The van der Waals surface area contributed by atoms with Gasteiger partial charge in [0, 0.05) is 25.8 Å². The van der Waals surface area contributed by atoms with Crippen LogP contribution in [-0.4, -0.2) is 43.4 Å². The zero-order valence-corrected chi connectivity index (χ0v) is 15.0. The lowest BCUT2D eigenvalue weighted by Gasteiger charge is -2.29. The third kappa shape index (κ3) is 5.25. The van der Waals surface area contributed by atoms with Crippen molar-refractivity contribution in [2.75, 3.05) is 26.0 Å². The zero-order valence-electron chi connectivity index (χ0n) is 15.0. The highest BCUT2D eigenvalue weighted by Gasteiger charge is 2.22. The summed E-state index contributed by atoms with van der Waals surface area (Å²) in [5.74, 6) is 0.611. The second kappa shape index (κ2) is 8.71. The van der Waals surface area contributed by atoms with E-state index in [1.807, 2.05) is 24.3 Å². The monoisotopic (exact) mass is 331 g/mol. The predicted molar refractivity (Wildman–Crippen MR) is 96.9 cm³/mol. The Bertz CT molecular complexity index is 571. The summed E-state index contributed by atoms with van der Waals surface area (Å²) in [5.41, 5.74) is 1.76. The van der Waals surface area contributed by atoms with E-state index >= 15 is 0 Å². The molecule has 0 spiro atoms. The Hall–Kier alpha value is -2.04. The van der Waals surface area contributed by atoms with Gasteiger partial charge in [-0.25, -0.2) is 0 Å². The third-order valence-corrected chi connectivity index (χ3v) is 4.76. The zero-order chi connectivity index (χ0) is 17.5. The Balaban J connectivity index is 1.89. The van der Waals surface area contributed by atoms with Crippen LogP contribution in [0, 0.1) is 5.92 Å². The minimum absolute atomic E-state index is 0.0162. The van der Waals surface area contributed by atoms with Crippen LogP contribution in [-0.2, 0) is 16.0 Å². The van der Waals surface area contributed by atoms with Crippen molar-refractivity contribution in [3.63, 3.8) is 0 Å². The fraction of sp³-hybridized carbons (Fsp3) is 0.579. The second-order valence-electron chi connectivity index (χ2n) is 6.91. The Morgan fingerprint density at radius 2 is 1.88 bits per heavy atom. The van der Waals surface area contributed by atoms with Crippen LogP contribution in [0.3, 0.4) is 0 Å². The molecule has 2 rings (SSSR count). The molecule has 2 atom stereocenters. The van der Waals surface area contributed by atoms with Gasteiger partial charge in [-0.05, 0) is 30.4 Å². The minimum atomic E-state index is 0.0162. The molecule has 1 aromatic rings. The first-order valence-corrected chi connectivity index (χ1v) is 8.78. The molecular formula is C19H29N3O2. The first kappa shape index (κ1) is 18.3. The van der Waals surface area contributed by atoms with Crippen molar-refractivity contribution in [3.05, 3.63) is 29.8 Å². The van der Waals surface area contributed by atoms with Crippen molar-refractivity contribution < 1.29 is 9.59 Å². The van der Waals surface area contributed by atoms with Gasteiger partial charge in [0.05, 0.1) is 13.0 Å². The number of carbonyl (C=O) groups excluding carboxylic acids is 2. The van der Waals surface area contributed by atoms with E-state index in [1.165, 1.54) is 19.3 Å². The number of carbonyl (C=O) groups is 2. The molecule has 0 heterocycles. The molecule has 5 nitrogen and oxygen atoms in total. The van der Waals surface area contributed by atoms with Crippen LogP contribution in [0.25, 0.3) is 0 Å². The topological polar surface area (TPSA) is 61.4 Å². The molecule has 0 aromatic heterocycles. The maximum atomic E-state index is 12.2. The van der Waals surface area contributed by atoms with Gasteiger partial charge in [0.15, 0.2) is 0 Å². The molecule has 0 unspecified atom stereocenters. The summed E-state index contributed by atoms with van der Waals surface area (Å²) in [6.07, 6.45) is 5.05. The Kier molecular flexibility index (Phi) is 6.64. The number of hydrogen-bond acceptors (Lipinski definition) is 3. The standard InChI is InChI=1S/C19H29N3O2/c1-14-8-4-6-10-16(14)21-18(23)13-20-17-11-7-5-9-15(17)12-19(24)22(2)3/h5,7,9,11,14,16,20H,4,6,8,10,12-13H2,1-3H3,(H,21,23)/t14-,16+/m0/s1. The van der Waals surface area contributed by atoms with Crippen LogP contribution in [0.5, 0.6) is 0 Å². The van der Waals surface area contributed by atoms with Crippen molar-refractivity contribution in [1.29, 1.82) is 0 Å². The Morgan fingerprint density at radius 1 is 1.17 bits per heavy atom. The molecule has 0 bridgehead atoms. The van der Waals surface area contributed by atoms with Gasteiger partial charge in [-0.15, -0.1) is 0 Å². The molecule has 132 valence electrons. The van der Waals surface area contributed by atoms with Gasteiger partial charge in [-0.2, -0.15) is 0 Å². The molecule has 0 radical (unpaired) electrons. The van der Waals surface area contributed by atoms with Crippen LogP contribution in [0.4, 0.5) is 5.69 Å². The summed E-state index contributed by atoms with van der Waals surface area (Å²) in [5, 5.41) is 6.32. The number of para-hydroxylation sites is 1. The highest BCUT2D eigenvalue weighted by molar-refractivity contribution is 5.83. The molecule has 24 heavy (non-hydrogen) atoms. The summed E-state index contributed by atoms with van der Waals surface area (Å²) in [6, 6.07) is 7.94. The number of benzene rings is 1. The first-order valence-electron chi connectivity index (χ1n) is 8.78. The highest BCUT2D eigenvalue weighted by Crippen LogP contribution is 2.23. The quantitative estimate of drug-likeness (QED) is 0.841. The van der Waals surface area contributed by atoms with Crippen molar-refractivity contribution in [3.8, 4) is 0 Å². The summed E-state index contributed by atoms with van der Waals surface area (Å²) in [6.45, 7) is 2.44. The SMILES string of the molecule is C[C@H]1CCCC[C@H]1NC(=O)CNc1ccccc1CC(=O)N(C)C. The van der Waals surface area contributed by atoms with Gasteiger partial charge in [0.1, 0.15) is 0 Å². The second-order valence-corrected chi connectivity index (χ2v) is 6.91. The smallest absolute Gasteiger partial charge is 0.239 e. The predicted octanol–water partition coefficient (Wildman–Crippen LogP) is 2.42. The molecule has 1 aliphatic rings. The lowest BCUT2D eigenvalue weighted by molar-refractivity contribution is -0.128.